The molecule has 0 saturated heterocycles. The Bertz CT molecular complexity index is 1260. The Morgan fingerprint density at radius 1 is 1.18 bits per heavy atom. The Morgan fingerprint density at radius 2 is 2.00 bits per heavy atom. The molecule has 10 nitrogen and oxygen atoms in total. The second-order valence-corrected chi connectivity index (χ2v) is 8.65. The number of hydrogen-bond acceptors (Lipinski definition) is 8. The smallest absolute Gasteiger partial charge is 0.356 e. The highest BCUT2D eigenvalue weighted by molar-refractivity contribution is 7.47. The largest absolute Gasteiger partial charge is 0.475 e. The van der Waals surface area contributed by atoms with Crippen molar-refractivity contribution in [3.63, 3.8) is 0 Å². The minimum Gasteiger partial charge on any atom is -0.356 e. The van der Waals surface area contributed by atoms with Crippen LogP contribution in [0.25, 0.3) is 11.3 Å². The van der Waals surface area contributed by atoms with Crippen LogP contribution in [0.5, 0.6) is 0 Å². The van der Waals surface area contributed by atoms with Gasteiger partial charge in [-0.3, -0.25) is 10.3 Å². The van der Waals surface area contributed by atoms with Crippen molar-refractivity contribution in [2.24, 2.45) is 0 Å². The molecule has 0 aliphatic heterocycles. The van der Waals surface area contributed by atoms with Crippen molar-refractivity contribution in [3.8, 4) is 11.3 Å². The van der Waals surface area contributed by atoms with Gasteiger partial charge in [0.1, 0.15) is 11.4 Å². The summed E-state index contributed by atoms with van der Waals surface area (Å²) in [5.41, 5.74) is 9.41. The van der Waals surface area contributed by atoms with Crippen molar-refractivity contribution in [2.45, 2.75) is 13.2 Å². The minimum atomic E-state index is -4.13. The summed E-state index contributed by atoms with van der Waals surface area (Å²) >= 11 is 0. The van der Waals surface area contributed by atoms with Gasteiger partial charge in [0, 0.05) is 31.5 Å². The summed E-state index contributed by atoms with van der Waals surface area (Å²) in [7, 11) is -3.04. The van der Waals surface area contributed by atoms with Crippen molar-refractivity contribution >= 4 is 25.1 Å². The predicted octanol–water partition coefficient (Wildman–Crippen LogP) is 3.66. The first-order chi connectivity index (χ1) is 15.9. The molecule has 0 aliphatic rings. The number of nitrogens with two attached hydrogens (primary N) is 1. The van der Waals surface area contributed by atoms with E-state index < -0.39 is 7.82 Å². The number of anilines is 3. The van der Waals surface area contributed by atoms with E-state index in [9.17, 15) is 9.46 Å². The number of nitrogens with one attached hydrogen (secondary N) is 1. The minimum absolute atomic E-state index is 0.267. The number of aromatic nitrogens is 3. The standard InChI is InChI=1S/C22H22N5O5P/c1-30-33(28,29)31-15-27-11-5-8-19(22(27)23)20-13-18(26-32-20)12-16-9-10-21(24-14-16)25-17-6-3-2-4-7-17/h2-11,13-14,23H,12,15H2,1H3,(H2,24,25,28,29)/p+1. The molecule has 0 fully saturated rings. The van der Waals surface area contributed by atoms with Crippen LogP contribution in [0.3, 0.4) is 0 Å². The summed E-state index contributed by atoms with van der Waals surface area (Å²) in [5, 5.41) is 7.37. The highest BCUT2D eigenvalue weighted by atomic mass is 31.2. The lowest BCUT2D eigenvalue weighted by molar-refractivity contribution is -0.711. The van der Waals surface area contributed by atoms with Crippen molar-refractivity contribution in [1.29, 1.82) is 0 Å². The summed E-state index contributed by atoms with van der Waals surface area (Å²) in [6.07, 6.45) is 3.92. The Labute approximate surface area is 190 Å². The van der Waals surface area contributed by atoms with E-state index in [1.165, 1.54) is 4.57 Å². The van der Waals surface area contributed by atoms with E-state index in [-0.39, 0.29) is 12.5 Å². The summed E-state index contributed by atoms with van der Waals surface area (Å²) in [5.74, 6) is 1.50. The fourth-order valence-electron chi connectivity index (χ4n) is 3.08. The molecule has 3 heterocycles. The van der Waals surface area contributed by atoms with Gasteiger partial charge in [-0.1, -0.05) is 29.4 Å². The van der Waals surface area contributed by atoms with Gasteiger partial charge in [0.15, 0.2) is 5.76 Å². The molecule has 1 aromatic carbocycles. The van der Waals surface area contributed by atoms with Gasteiger partial charge in [-0.15, -0.1) is 0 Å². The molecule has 4 aromatic rings. The topological polar surface area (TPSA) is 137 Å². The molecule has 0 spiro atoms. The molecule has 33 heavy (non-hydrogen) atoms. The number of nitrogen functional groups attached to an aromatic ring is 1. The van der Waals surface area contributed by atoms with E-state index in [1.807, 2.05) is 42.5 Å². The Kier molecular flexibility index (Phi) is 6.81. The molecule has 0 amide bonds. The highest BCUT2D eigenvalue weighted by Crippen LogP contribution is 2.41. The zero-order valence-electron chi connectivity index (χ0n) is 17.8. The third-order valence-corrected chi connectivity index (χ3v) is 5.69. The van der Waals surface area contributed by atoms with E-state index >= 15 is 0 Å². The lowest BCUT2D eigenvalue weighted by atomic mass is 10.1. The number of phosphoric ester groups is 1. The van der Waals surface area contributed by atoms with E-state index in [0.717, 1.165) is 24.2 Å². The van der Waals surface area contributed by atoms with Crippen LogP contribution in [0.15, 0.2) is 77.6 Å². The number of para-hydroxylation sites is 1. The number of hydrogen-bond donors (Lipinski definition) is 3. The number of benzene rings is 1. The molecule has 0 bridgehead atoms. The van der Waals surface area contributed by atoms with Gasteiger partial charge in [0.2, 0.25) is 6.73 Å². The molecule has 11 heteroatoms. The maximum absolute atomic E-state index is 11.5. The molecule has 0 aliphatic carbocycles. The quantitative estimate of drug-likeness (QED) is 0.248. The molecular formula is C22H23N5O5P+. The maximum Gasteiger partial charge on any atom is 0.475 e. The molecule has 4 rings (SSSR count). The van der Waals surface area contributed by atoms with Crippen LogP contribution >= 0.6 is 7.82 Å². The molecule has 3 aromatic heterocycles. The fourth-order valence-corrected chi connectivity index (χ4v) is 3.45. The van der Waals surface area contributed by atoms with Crippen LogP contribution in [0.1, 0.15) is 11.3 Å². The molecule has 1 atom stereocenters. The van der Waals surface area contributed by atoms with Crippen LogP contribution in [0.2, 0.25) is 0 Å². The van der Waals surface area contributed by atoms with Gasteiger partial charge >= 0.3 is 7.82 Å². The Hall–Kier alpha value is -3.56. The average molecular weight is 468 g/mol. The van der Waals surface area contributed by atoms with E-state index in [2.05, 4.69) is 20.0 Å². The average Bonchev–Trinajstić information content (AvgIpc) is 3.28. The SMILES string of the molecule is COP(=O)(O)OC[n+]1cccc(-c2cc(Cc3ccc(Nc4ccccc4)nc3)no2)c1N. The van der Waals surface area contributed by atoms with Crippen molar-refractivity contribution in [1.82, 2.24) is 10.1 Å². The zero-order chi connectivity index (χ0) is 23.3. The number of nitrogens with zero attached hydrogens (tertiary/aromatic N) is 3. The summed E-state index contributed by atoms with van der Waals surface area (Å²) in [6.45, 7) is -0.267. The second-order valence-electron chi connectivity index (χ2n) is 7.09. The van der Waals surface area contributed by atoms with Crippen LogP contribution in [0, 0.1) is 0 Å². The fraction of sp³-hybridized carbons (Fsp3) is 0.136. The normalized spacial score (nSPS) is 12.9. The molecular weight excluding hydrogens is 445 g/mol. The van der Waals surface area contributed by atoms with Gasteiger partial charge in [0.25, 0.3) is 5.82 Å². The Morgan fingerprint density at radius 3 is 2.73 bits per heavy atom. The third-order valence-electron chi connectivity index (χ3n) is 4.79. The van der Waals surface area contributed by atoms with Gasteiger partial charge in [0.05, 0.1) is 11.9 Å². The molecule has 0 radical (unpaired) electrons. The first-order valence-corrected chi connectivity index (χ1v) is 11.5. The van der Waals surface area contributed by atoms with E-state index in [1.54, 1.807) is 30.6 Å². The summed E-state index contributed by atoms with van der Waals surface area (Å²) in [6, 6.07) is 19.0. The van der Waals surface area contributed by atoms with E-state index in [0.29, 0.717) is 23.4 Å². The lowest BCUT2D eigenvalue weighted by Crippen LogP contribution is -2.38. The van der Waals surface area contributed by atoms with Gasteiger partial charge in [-0.05, 0) is 35.9 Å². The number of rotatable bonds is 9. The highest BCUT2D eigenvalue weighted by Gasteiger charge is 2.22. The van der Waals surface area contributed by atoms with Crippen LogP contribution < -0.4 is 15.6 Å². The van der Waals surface area contributed by atoms with Crippen molar-refractivity contribution in [3.05, 3.63) is 84.3 Å². The number of pyridine rings is 2. The van der Waals surface area contributed by atoms with Crippen molar-refractivity contribution < 1.29 is 27.6 Å². The monoisotopic (exact) mass is 468 g/mol. The van der Waals surface area contributed by atoms with Crippen molar-refractivity contribution in [2.75, 3.05) is 18.2 Å². The van der Waals surface area contributed by atoms with Crippen LogP contribution in [-0.4, -0.2) is 22.1 Å². The van der Waals surface area contributed by atoms with Crippen LogP contribution in [-0.2, 0) is 26.8 Å². The third kappa shape index (κ3) is 5.82. The van der Waals surface area contributed by atoms with Gasteiger partial charge in [-0.2, -0.15) is 0 Å². The van der Waals surface area contributed by atoms with Gasteiger partial charge in [-0.25, -0.2) is 18.6 Å². The van der Waals surface area contributed by atoms with Gasteiger partial charge < -0.3 is 14.7 Å². The molecule has 4 N–H and O–H groups in total. The summed E-state index contributed by atoms with van der Waals surface area (Å²) in [4.78, 5) is 13.9. The second kappa shape index (κ2) is 9.93. The first kappa shape index (κ1) is 22.6. The zero-order valence-corrected chi connectivity index (χ0v) is 18.7. The Balaban J connectivity index is 1.44. The molecule has 170 valence electrons. The molecule has 0 saturated carbocycles. The first-order valence-electron chi connectivity index (χ1n) is 9.97. The summed E-state index contributed by atoms with van der Waals surface area (Å²) < 4.78 is 27.8. The van der Waals surface area contributed by atoms with E-state index in [4.69, 9.17) is 14.8 Å². The number of phosphoric acid groups is 1. The maximum atomic E-state index is 11.5. The lowest BCUT2D eigenvalue weighted by Gasteiger charge is -2.09. The molecule has 1 unspecified atom stereocenters. The van der Waals surface area contributed by atoms with Crippen LogP contribution in [0.4, 0.5) is 17.3 Å². The predicted molar refractivity (Wildman–Crippen MR) is 121 cm³/mol.